The first-order valence-corrected chi connectivity index (χ1v) is 5.20. The van der Waals surface area contributed by atoms with Crippen molar-refractivity contribution in [3.63, 3.8) is 0 Å². The van der Waals surface area contributed by atoms with Crippen molar-refractivity contribution in [2.75, 3.05) is 11.9 Å². The monoisotopic (exact) mass is 223 g/mol. The van der Waals surface area contributed by atoms with Gasteiger partial charge in [0.15, 0.2) is 0 Å². The molecule has 0 aromatic heterocycles. The Kier molecular flexibility index (Phi) is 4.41. The molecule has 0 amide bonds. The van der Waals surface area contributed by atoms with Gasteiger partial charge >= 0.3 is 0 Å². The van der Waals surface area contributed by atoms with Gasteiger partial charge in [0.1, 0.15) is 0 Å². The summed E-state index contributed by atoms with van der Waals surface area (Å²) < 4.78 is 0. The molecule has 0 saturated carbocycles. The van der Waals surface area contributed by atoms with Crippen LogP contribution in [0.2, 0.25) is 5.02 Å². The van der Waals surface area contributed by atoms with E-state index in [-0.39, 0.29) is 6.04 Å². The fraction of sp³-hybridized carbons (Fsp3) is 0.364. The van der Waals surface area contributed by atoms with Gasteiger partial charge in [-0.2, -0.15) is 5.26 Å². The third kappa shape index (κ3) is 3.78. The zero-order valence-corrected chi connectivity index (χ0v) is 9.38. The Morgan fingerprint density at radius 3 is 2.87 bits per heavy atom. The highest BCUT2D eigenvalue weighted by Crippen LogP contribution is 2.22. The molecule has 1 aromatic rings. The zero-order valence-electron chi connectivity index (χ0n) is 8.63. The molecule has 0 bridgehead atoms. The summed E-state index contributed by atoms with van der Waals surface area (Å²) in [5, 5.41) is 12.4. The van der Waals surface area contributed by atoms with Gasteiger partial charge in [-0.15, -0.1) is 0 Å². The second kappa shape index (κ2) is 5.59. The van der Waals surface area contributed by atoms with Crippen LogP contribution in [0, 0.1) is 11.3 Å². The predicted molar refractivity (Wildman–Crippen MR) is 62.9 cm³/mol. The molecule has 4 heteroatoms. The van der Waals surface area contributed by atoms with Crippen molar-refractivity contribution in [2.24, 2.45) is 5.73 Å². The van der Waals surface area contributed by atoms with Crippen molar-refractivity contribution in [2.45, 2.75) is 19.4 Å². The lowest BCUT2D eigenvalue weighted by molar-refractivity contribution is 0.690. The first-order valence-electron chi connectivity index (χ1n) is 4.82. The number of halogens is 1. The lowest BCUT2D eigenvalue weighted by Crippen LogP contribution is -2.19. The van der Waals surface area contributed by atoms with Crippen LogP contribution in [0.25, 0.3) is 0 Å². The normalized spacial score (nSPS) is 11.9. The van der Waals surface area contributed by atoms with Gasteiger partial charge in [0.25, 0.3) is 0 Å². The molecule has 0 spiro atoms. The van der Waals surface area contributed by atoms with Crippen LogP contribution in [0.5, 0.6) is 0 Å². The van der Waals surface area contributed by atoms with Crippen molar-refractivity contribution >= 4 is 17.3 Å². The molecule has 1 atom stereocenters. The molecule has 15 heavy (non-hydrogen) atoms. The largest absolute Gasteiger partial charge is 0.384 e. The molecule has 0 saturated heterocycles. The molecule has 1 unspecified atom stereocenters. The average molecular weight is 224 g/mol. The summed E-state index contributed by atoms with van der Waals surface area (Å²) in [7, 11) is 0. The second-order valence-corrected chi connectivity index (χ2v) is 3.91. The van der Waals surface area contributed by atoms with Gasteiger partial charge in [0.05, 0.1) is 22.3 Å². The Hall–Kier alpha value is -1.24. The molecule has 80 valence electrons. The van der Waals surface area contributed by atoms with Crippen molar-refractivity contribution in [1.82, 2.24) is 0 Å². The fourth-order valence-corrected chi connectivity index (χ4v) is 1.41. The molecule has 0 fully saturated rings. The summed E-state index contributed by atoms with van der Waals surface area (Å²) >= 11 is 5.98. The molecule has 0 aliphatic rings. The third-order valence-electron chi connectivity index (χ3n) is 2.01. The van der Waals surface area contributed by atoms with Gasteiger partial charge in [0.2, 0.25) is 0 Å². The molecule has 0 radical (unpaired) electrons. The van der Waals surface area contributed by atoms with Gasteiger partial charge in [-0.3, -0.25) is 0 Å². The van der Waals surface area contributed by atoms with E-state index in [4.69, 9.17) is 22.6 Å². The summed E-state index contributed by atoms with van der Waals surface area (Å²) in [6.45, 7) is 2.74. The number of hydrogen-bond acceptors (Lipinski definition) is 3. The molecular formula is C11H14ClN3. The number of anilines is 1. The number of nitrogens with one attached hydrogen (secondary N) is 1. The van der Waals surface area contributed by atoms with E-state index < -0.39 is 0 Å². The highest BCUT2D eigenvalue weighted by molar-refractivity contribution is 6.33. The van der Waals surface area contributed by atoms with Gasteiger partial charge in [-0.25, -0.2) is 0 Å². The van der Waals surface area contributed by atoms with E-state index in [1.165, 1.54) is 0 Å². The van der Waals surface area contributed by atoms with Crippen LogP contribution in [-0.4, -0.2) is 12.6 Å². The van der Waals surface area contributed by atoms with Crippen molar-refractivity contribution < 1.29 is 0 Å². The van der Waals surface area contributed by atoms with E-state index in [1.807, 2.05) is 19.1 Å². The summed E-state index contributed by atoms with van der Waals surface area (Å²) in [5.74, 6) is 0. The summed E-state index contributed by atoms with van der Waals surface area (Å²) in [5.41, 5.74) is 7.04. The smallest absolute Gasteiger partial charge is 0.0992 e. The van der Waals surface area contributed by atoms with Gasteiger partial charge in [-0.05, 0) is 31.5 Å². The van der Waals surface area contributed by atoms with Crippen LogP contribution in [-0.2, 0) is 0 Å². The first kappa shape index (κ1) is 11.8. The van der Waals surface area contributed by atoms with Crippen molar-refractivity contribution in [3.05, 3.63) is 28.8 Å². The van der Waals surface area contributed by atoms with Crippen LogP contribution in [0.15, 0.2) is 18.2 Å². The Bertz CT molecular complexity index is 369. The van der Waals surface area contributed by atoms with E-state index >= 15 is 0 Å². The van der Waals surface area contributed by atoms with Crippen molar-refractivity contribution in [1.29, 1.82) is 5.26 Å². The van der Waals surface area contributed by atoms with E-state index in [1.54, 1.807) is 12.1 Å². The van der Waals surface area contributed by atoms with E-state index in [0.29, 0.717) is 10.6 Å². The molecule has 0 aliphatic heterocycles. The molecular weight excluding hydrogens is 210 g/mol. The van der Waals surface area contributed by atoms with E-state index in [0.717, 1.165) is 18.7 Å². The topological polar surface area (TPSA) is 61.8 Å². The molecule has 3 nitrogen and oxygen atoms in total. The molecule has 1 rings (SSSR count). The Morgan fingerprint density at radius 1 is 1.60 bits per heavy atom. The first-order chi connectivity index (χ1) is 7.13. The minimum Gasteiger partial charge on any atom is -0.384 e. The third-order valence-corrected chi connectivity index (χ3v) is 2.33. The maximum Gasteiger partial charge on any atom is 0.0992 e. The van der Waals surface area contributed by atoms with Crippen molar-refractivity contribution in [3.8, 4) is 6.07 Å². The Balaban J connectivity index is 2.59. The summed E-state index contributed by atoms with van der Waals surface area (Å²) in [6.07, 6.45) is 0.885. The number of benzene rings is 1. The van der Waals surface area contributed by atoms with Gasteiger partial charge in [0, 0.05) is 12.6 Å². The van der Waals surface area contributed by atoms with E-state index in [2.05, 4.69) is 5.32 Å². The van der Waals surface area contributed by atoms with Crippen LogP contribution in [0.4, 0.5) is 5.69 Å². The highest BCUT2D eigenvalue weighted by Gasteiger charge is 2.01. The number of nitriles is 1. The molecule has 3 N–H and O–H groups in total. The summed E-state index contributed by atoms with van der Waals surface area (Å²) in [6, 6.07) is 7.41. The number of nitrogens with zero attached hydrogens (tertiary/aromatic N) is 1. The summed E-state index contributed by atoms with van der Waals surface area (Å²) in [4.78, 5) is 0. The van der Waals surface area contributed by atoms with E-state index in [9.17, 15) is 0 Å². The maximum absolute atomic E-state index is 8.66. The van der Waals surface area contributed by atoms with Gasteiger partial charge < -0.3 is 11.1 Å². The van der Waals surface area contributed by atoms with Crippen LogP contribution >= 0.6 is 11.6 Å². The number of hydrogen-bond donors (Lipinski definition) is 2. The van der Waals surface area contributed by atoms with Crippen LogP contribution in [0.1, 0.15) is 18.9 Å². The Morgan fingerprint density at radius 2 is 2.33 bits per heavy atom. The van der Waals surface area contributed by atoms with Gasteiger partial charge in [-0.1, -0.05) is 11.6 Å². The molecule has 0 aliphatic carbocycles. The lowest BCUT2D eigenvalue weighted by atomic mass is 10.2. The fourth-order valence-electron chi connectivity index (χ4n) is 1.16. The average Bonchev–Trinajstić information content (AvgIpc) is 2.20. The minimum atomic E-state index is 0.176. The lowest BCUT2D eigenvalue weighted by Gasteiger charge is -2.09. The maximum atomic E-state index is 8.66. The number of nitrogens with two attached hydrogens (primary N) is 1. The minimum absolute atomic E-state index is 0.176. The second-order valence-electron chi connectivity index (χ2n) is 3.50. The van der Waals surface area contributed by atoms with Crippen LogP contribution in [0.3, 0.4) is 0 Å². The predicted octanol–water partition coefficient (Wildman–Crippen LogP) is 2.36. The highest BCUT2D eigenvalue weighted by atomic mass is 35.5. The molecule has 1 aromatic carbocycles. The molecule has 0 heterocycles. The standard InChI is InChI=1S/C11H14ClN3/c1-8(14)4-5-15-11-3-2-9(7-13)6-10(11)12/h2-3,6,8,15H,4-5,14H2,1H3. The van der Waals surface area contributed by atoms with Crippen LogP contribution < -0.4 is 11.1 Å². The number of rotatable bonds is 4. The quantitative estimate of drug-likeness (QED) is 0.824. The zero-order chi connectivity index (χ0) is 11.3. The SMILES string of the molecule is CC(N)CCNc1ccc(C#N)cc1Cl. The Labute approximate surface area is 94.8 Å².